The van der Waals surface area contributed by atoms with Crippen LogP contribution in [0.15, 0.2) is 60.7 Å². The number of rotatable bonds is 5. The molecule has 0 aliphatic rings. The SMILES string of the molecule is Cc1nc2ccc(F)cc2n1-c1cccc(Nc2ccc(OC(F)F)cc2)n1. The predicted molar refractivity (Wildman–Crippen MR) is 99.9 cm³/mol. The van der Waals surface area contributed by atoms with Crippen molar-refractivity contribution in [3.8, 4) is 11.6 Å². The highest BCUT2D eigenvalue weighted by atomic mass is 19.3. The molecule has 0 radical (unpaired) electrons. The van der Waals surface area contributed by atoms with Crippen LogP contribution in [0.4, 0.5) is 24.7 Å². The Morgan fingerprint density at radius 2 is 1.79 bits per heavy atom. The molecule has 2 aromatic heterocycles. The third-order valence-electron chi connectivity index (χ3n) is 4.10. The average Bonchev–Trinajstić information content (AvgIpc) is 2.98. The van der Waals surface area contributed by atoms with E-state index in [9.17, 15) is 13.2 Å². The molecule has 1 N–H and O–H groups in total. The first-order chi connectivity index (χ1) is 13.5. The van der Waals surface area contributed by atoms with Crippen molar-refractivity contribution in [3.05, 3.63) is 72.3 Å². The van der Waals surface area contributed by atoms with Crippen molar-refractivity contribution in [3.63, 3.8) is 0 Å². The largest absolute Gasteiger partial charge is 0.435 e. The number of hydrogen-bond acceptors (Lipinski definition) is 4. The lowest BCUT2D eigenvalue weighted by molar-refractivity contribution is -0.0498. The summed E-state index contributed by atoms with van der Waals surface area (Å²) in [5.74, 6) is 1.52. The van der Waals surface area contributed by atoms with Gasteiger partial charge in [0.2, 0.25) is 0 Å². The number of hydrogen-bond donors (Lipinski definition) is 1. The van der Waals surface area contributed by atoms with E-state index in [0.717, 1.165) is 0 Å². The number of imidazole rings is 1. The van der Waals surface area contributed by atoms with Gasteiger partial charge < -0.3 is 10.1 Å². The number of nitrogens with one attached hydrogen (secondary N) is 1. The number of anilines is 2. The highest BCUT2D eigenvalue weighted by Crippen LogP contribution is 2.24. The van der Waals surface area contributed by atoms with E-state index in [1.807, 2.05) is 13.0 Å². The van der Waals surface area contributed by atoms with Crippen LogP contribution < -0.4 is 10.1 Å². The molecule has 0 aliphatic heterocycles. The predicted octanol–water partition coefficient (Wildman–Crippen LogP) is 5.21. The number of benzene rings is 2. The van der Waals surface area contributed by atoms with E-state index >= 15 is 0 Å². The highest BCUT2D eigenvalue weighted by molar-refractivity contribution is 5.78. The van der Waals surface area contributed by atoms with Gasteiger partial charge in [-0.05, 0) is 55.5 Å². The van der Waals surface area contributed by atoms with Gasteiger partial charge in [-0.25, -0.2) is 14.4 Å². The third kappa shape index (κ3) is 3.62. The monoisotopic (exact) mass is 384 g/mol. The van der Waals surface area contributed by atoms with Crippen LogP contribution in [0.1, 0.15) is 5.82 Å². The maximum absolute atomic E-state index is 13.7. The highest BCUT2D eigenvalue weighted by Gasteiger charge is 2.12. The van der Waals surface area contributed by atoms with Gasteiger partial charge in [0.15, 0.2) is 0 Å². The van der Waals surface area contributed by atoms with Gasteiger partial charge in [-0.1, -0.05) is 6.07 Å². The molecule has 0 aliphatic carbocycles. The van der Waals surface area contributed by atoms with Crippen LogP contribution in [-0.4, -0.2) is 21.1 Å². The van der Waals surface area contributed by atoms with E-state index in [1.54, 1.807) is 34.9 Å². The zero-order chi connectivity index (χ0) is 19.7. The van der Waals surface area contributed by atoms with Gasteiger partial charge in [-0.3, -0.25) is 4.57 Å². The van der Waals surface area contributed by atoms with Crippen LogP contribution in [-0.2, 0) is 0 Å². The molecule has 0 unspecified atom stereocenters. The van der Waals surface area contributed by atoms with Crippen LogP contribution in [0.25, 0.3) is 16.9 Å². The quantitative estimate of drug-likeness (QED) is 0.513. The Balaban J connectivity index is 1.64. The number of aromatic nitrogens is 3. The van der Waals surface area contributed by atoms with Crippen LogP contribution in [0.2, 0.25) is 0 Å². The Hall–Kier alpha value is -3.55. The third-order valence-corrected chi connectivity index (χ3v) is 4.10. The van der Waals surface area contributed by atoms with Gasteiger partial charge in [0, 0.05) is 11.8 Å². The molecule has 0 saturated carbocycles. The zero-order valence-electron chi connectivity index (χ0n) is 14.7. The fourth-order valence-electron chi connectivity index (χ4n) is 2.94. The number of pyridine rings is 1. The Morgan fingerprint density at radius 1 is 1.00 bits per heavy atom. The van der Waals surface area contributed by atoms with E-state index < -0.39 is 6.61 Å². The number of aryl methyl sites for hydroxylation is 1. The molecule has 28 heavy (non-hydrogen) atoms. The summed E-state index contributed by atoms with van der Waals surface area (Å²) < 4.78 is 44.3. The normalized spacial score (nSPS) is 11.2. The van der Waals surface area contributed by atoms with Crippen LogP contribution in [0, 0.1) is 12.7 Å². The minimum absolute atomic E-state index is 0.0739. The molecule has 0 spiro atoms. The Bertz CT molecular complexity index is 1130. The first kappa shape index (κ1) is 17.8. The van der Waals surface area contributed by atoms with Crippen molar-refractivity contribution in [2.45, 2.75) is 13.5 Å². The van der Waals surface area contributed by atoms with Gasteiger partial charge in [-0.15, -0.1) is 0 Å². The van der Waals surface area contributed by atoms with E-state index in [0.29, 0.717) is 34.2 Å². The second-order valence-corrected chi connectivity index (χ2v) is 6.04. The summed E-state index contributed by atoms with van der Waals surface area (Å²) in [5, 5.41) is 3.10. The van der Waals surface area contributed by atoms with E-state index in [-0.39, 0.29) is 11.6 Å². The Morgan fingerprint density at radius 3 is 2.54 bits per heavy atom. The minimum Gasteiger partial charge on any atom is -0.435 e. The molecule has 142 valence electrons. The minimum atomic E-state index is -2.87. The summed E-state index contributed by atoms with van der Waals surface area (Å²) in [5.41, 5.74) is 1.95. The molecule has 0 bridgehead atoms. The second kappa shape index (κ2) is 7.22. The molecule has 2 aromatic carbocycles. The van der Waals surface area contributed by atoms with Gasteiger partial charge in [0.05, 0.1) is 11.0 Å². The summed E-state index contributed by atoms with van der Waals surface area (Å²) in [7, 11) is 0. The number of nitrogens with zero attached hydrogens (tertiary/aromatic N) is 3. The van der Waals surface area contributed by atoms with Crippen LogP contribution >= 0.6 is 0 Å². The average molecular weight is 384 g/mol. The van der Waals surface area contributed by atoms with Crippen molar-refractivity contribution < 1.29 is 17.9 Å². The standard InChI is InChI=1S/C20H15F3N4O/c1-12-24-16-10-5-13(21)11-17(16)27(12)19-4-2-3-18(26-19)25-14-6-8-15(9-7-14)28-20(22)23/h2-11,20H,1H3,(H,25,26). The number of fused-ring (bicyclic) bond motifs is 1. The molecule has 8 heteroatoms. The number of ether oxygens (including phenoxy) is 1. The topological polar surface area (TPSA) is 52.0 Å². The van der Waals surface area contributed by atoms with Gasteiger partial charge in [0.25, 0.3) is 0 Å². The lowest BCUT2D eigenvalue weighted by Crippen LogP contribution is -2.03. The molecular weight excluding hydrogens is 369 g/mol. The fraction of sp³-hybridized carbons (Fsp3) is 0.100. The Kier molecular flexibility index (Phi) is 4.60. The molecule has 4 aromatic rings. The first-order valence-electron chi connectivity index (χ1n) is 8.43. The molecule has 2 heterocycles. The molecule has 0 fully saturated rings. The summed E-state index contributed by atoms with van der Waals surface area (Å²) in [6.45, 7) is -1.04. The van der Waals surface area contributed by atoms with Crippen LogP contribution in [0.5, 0.6) is 5.75 Å². The smallest absolute Gasteiger partial charge is 0.387 e. The van der Waals surface area contributed by atoms with Crippen molar-refractivity contribution in [1.29, 1.82) is 0 Å². The van der Waals surface area contributed by atoms with Gasteiger partial charge in [-0.2, -0.15) is 8.78 Å². The van der Waals surface area contributed by atoms with Crippen LogP contribution in [0.3, 0.4) is 0 Å². The number of halogens is 3. The maximum atomic E-state index is 13.7. The molecule has 0 atom stereocenters. The lowest BCUT2D eigenvalue weighted by Gasteiger charge is -2.11. The van der Waals surface area contributed by atoms with Crippen molar-refractivity contribution >= 4 is 22.5 Å². The molecule has 4 rings (SSSR count). The lowest BCUT2D eigenvalue weighted by atomic mass is 10.3. The van der Waals surface area contributed by atoms with Crippen molar-refractivity contribution in [1.82, 2.24) is 14.5 Å². The summed E-state index contributed by atoms with van der Waals surface area (Å²) in [4.78, 5) is 9.00. The first-order valence-corrected chi connectivity index (χ1v) is 8.43. The Labute approximate surface area is 158 Å². The second-order valence-electron chi connectivity index (χ2n) is 6.04. The molecule has 0 saturated heterocycles. The maximum Gasteiger partial charge on any atom is 0.387 e. The van der Waals surface area contributed by atoms with E-state index in [1.165, 1.54) is 24.3 Å². The van der Waals surface area contributed by atoms with Crippen molar-refractivity contribution in [2.24, 2.45) is 0 Å². The molecule has 0 amide bonds. The molecular formula is C20H15F3N4O. The van der Waals surface area contributed by atoms with Gasteiger partial charge in [0.1, 0.15) is 29.0 Å². The molecule has 5 nitrogen and oxygen atoms in total. The summed E-state index contributed by atoms with van der Waals surface area (Å²) in [6, 6.07) is 15.9. The fourth-order valence-corrected chi connectivity index (χ4v) is 2.94. The van der Waals surface area contributed by atoms with Gasteiger partial charge >= 0.3 is 6.61 Å². The zero-order valence-corrected chi connectivity index (χ0v) is 14.7. The van der Waals surface area contributed by atoms with E-state index in [4.69, 9.17) is 0 Å². The summed E-state index contributed by atoms with van der Waals surface area (Å²) >= 11 is 0. The summed E-state index contributed by atoms with van der Waals surface area (Å²) in [6.07, 6.45) is 0. The number of alkyl halides is 2. The van der Waals surface area contributed by atoms with Crippen molar-refractivity contribution in [2.75, 3.05) is 5.32 Å². The van der Waals surface area contributed by atoms with E-state index in [2.05, 4.69) is 20.0 Å².